The highest BCUT2D eigenvalue weighted by Gasteiger charge is 2.14. The molecule has 0 radical (unpaired) electrons. The second-order valence-electron chi connectivity index (χ2n) is 7.60. The first kappa shape index (κ1) is 26.8. The Morgan fingerprint density at radius 2 is 1.38 bits per heavy atom. The predicted molar refractivity (Wildman–Crippen MR) is 141 cm³/mol. The van der Waals surface area contributed by atoms with E-state index in [0.717, 1.165) is 5.56 Å². The Morgan fingerprint density at radius 3 is 1.95 bits per heavy atom. The van der Waals surface area contributed by atoms with Crippen LogP contribution in [0.1, 0.15) is 21.5 Å². The summed E-state index contributed by atoms with van der Waals surface area (Å²) in [6, 6.07) is 11.3. The summed E-state index contributed by atoms with van der Waals surface area (Å²) in [7, 11) is 7.47. The molecule has 0 saturated heterocycles. The van der Waals surface area contributed by atoms with E-state index in [1.807, 2.05) is 6.08 Å². The number of anilines is 1. The van der Waals surface area contributed by atoms with Crippen LogP contribution in [0.3, 0.4) is 0 Å². The minimum atomic E-state index is -0.359. The van der Waals surface area contributed by atoms with Gasteiger partial charge >= 0.3 is 0 Å². The van der Waals surface area contributed by atoms with E-state index in [2.05, 4.69) is 5.32 Å². The number of aromatic hydroxyl groups is 2. The molecule has 0 bridgehead atoms. The minimum Gasteiger partial charge on any atom is -0.504 e. The SMILES string of the molecule is COc1ccc(C(=O)/C=C\Nc2c(C=Cc3cc(OC)c(OC)c(OC)c3)ccc(OC)c2O)cc1O. The van der Waals surface area contributed by atoms with E-state index in [1.54, 1.807) is 36.4 Å². The lowest BCUT2D eigenvalue weighted by atomic mass is 10.1. The van der Waals surface area contributed by atoms with Gasteiger partial charge in [0.15, 0.2) is 40.3 Å². The maximum Gasteiger partial charge on any atom is 0.203 e. The van der Waals surface area contributed by atoms with Crippen LogP contribution in [-0.2, 0) is 0 Å². The monoisotopic (exact) mass is 507 g/mol. The van der Waals surface area contributed by atoms with Crippen molar-refractivity contribution in [1.82, 2.24) is 0 Å². The number of carbonyl (C=O) groups excluding carboxylic acids is 1. The lowest BCUT2D eigenvalue weighted by molar-refractivity contribution is 0.104. The summed E-state index contributed by atoms with van der Waals surface area (Å²) in [6.07, 6.45) is 6.27. The van der Waals surface area contributed by atoms with Gasteiger partial charge in [0.1, 0.15) is 0 Å². The molecule has 3 rings (SSSR count). The first-order chi connectivity index (χ1) is 17.9. The van der Waals surface area contributed by atoms with E-state index in [-0.39, 0.29) is 34.3 Å². The van der Waals surface area contributed by atoms with Crippen LogP contribution in [0.25, 0.3) is 12.2 Å². The quantitative estimate of drug-likeness (QED) is 0.141. The highest BCUT2D eigenvalue weighted by Crippen LogP contribution is 2.40. The van der Waals surface area contributed by atoms with Gasteiger partial charge in [-0.1, -0.05) is 12.2 Å². The molecule has 3 aromatic rings. The van der Waals surface area contributed by atoms with Gasteiger partial charge in [-0.25, -0.2) is 0 Å². The normalized spacial score (nSPS) is 10.9. The lowest BCUT2D eigenvalue weighted by Gasteiger charge is -2.13. The largest absolute Gasteiger partial charge is 0.504 e. The van der Waals surface area contributed by atoms with Crippen molar-refractivity contribution in [2.75, 3.05) is 40.9 Å². The maximum atomic E-state index is 12.5. The highest BCUT2D eigenvalue weighted by molar-refractivity contribution is 6.05. The van der Waals surface area contributed by atoms with Crippen molar-refractivity contribution in [3.05, 3.63) is 71.4 Å². The molecule has 0 fully saturated rings. The number of nitrogens with one attached hydrogen (secondary N) is 1. The highest BCUT2D eigenvalue weighted by atomic mass is 16.5. The van der Waals surface area contributed by atoms with Crippen LogP contribution in [0.15, 0.2) is 54.7 Å². The molecule has 3 aromatic carbocycles. The Labute approximate surface area is 215 Å². The average molecular weight is 508 g/mol. The van der Waals surface area contributed by atoms with E-state index < -0.39 is 0 Å². The van der Waals surface area contributed by atoms with Crippen molar-refractivity contribution in [2.24, 2.45) is 0 Å². The molecule has 0 aliphatic heterocycles. The number of ether oxygens (including phenoxy) is 5. The van der Waals surface area contributed by atoms with Crippen LogP contribution in [0.5, 0.6) is 40.2 Å². The third-order valence-corrected chi connectivity index (χ3v) is 5.46. The fourth-order valence-electron chi connectivity index (χ4n) is 3.57. The van der Waals surface area contributed by atoms with E-state index >= 15 is 0 Å². The maximum absolute atomic E-state index is 12.5. The van der Waals surface area contributed by atoms with Gasteiger partial charge in [-0.15, -0.1) is 0 Å². The van der Waals surface area contributed by atoms with Crippen molar-refractivity contribution in [3.8, 4) is 40.2 Å². The van der Waals surface area contributed by atoms with Gasteiger partial charge < -0.3 is 39.2 Å². The van der Waals surface area contributed by atoms with Gasteiger partial charge in [-0.3, -0.25) is 4.79 Å². The van der Waals surface area contributed by atoms with Gasteiger partial charge in [0.25, 0.3) is 0 Å². The van der Waals surface area contributed by atoms with E-state index in [9.17, 15) is 15.0 Å². The van der Waals surface area contributed by atoms with Gasteiger partial charge in [0, 0.05) is 23.4 Å². The van der Waals surface area contributed by atoms with Crippen LogP contribution in [-0.4, -0.2) is 51.5 Å². The van der Waals surface area contributed by atoms with Crippen molar-refractivity contribution < 1.29 is 38.7 Å². The van der Waals surface area contributed by atoms with Crippen molar-refractivity contribution in [2.45, 2.75) is 0 Å². The van der Waals surface area contributed by atoms with Crippen LogP contribution in [0.4, 0.5) is 5.69 Å². The Kier molecular flexibility index (Phi) is 8.88. The molecule has 0 unspecified atom stereocenters. The lowest BCUT2D eigenvalue weighted by Crippen LogP contribution is -1.98. The third-order valence-electron chi connectivity index (χ3n) is 5.46. The molecular formula is C28H29NO8. The summed E-state index contributed by atoms with van der Waals surface area (Å²) in [6.45, 7) is 0. The van der Waals surface area contributed by atoms with E-state index in [0.29, 0.717) is 28.5 Å². The van der Waals surface area contributed by atoms with E-state index in [4.69, 9.17) is 23.7 Å². The average Bonchev–Trinajstić information content (AvgIpc) is 2.92. The minimum absolute atomic E-state index is 0.131. The molecule has 9 nitrogen and oxygen atoms in total. The zero-order valence-corrected chi connectivity index (χ0v) is 21.2. The number of phenols is 2. The summed E-state index contributed by atoms with van der Waals surface area (Å²) < 4.78 is 26.4. The number of carbonyl (C=O) groups is 1. The van der Waals surface area contributed by atoms with Crippen LogP contribution < -0.4 is 29.0 Å². The molecule has 0 heterocycles. The molecular weight excluding hydrogens is 478 g/mol. The van der Waals surface area contributed by atoms with Gasteiger partial charge in [0.2, 0.25) is 5.75 Å². The number of allylic oxidation sites excluding steroid dienone is 1. The molecule has 0 aliphatic carbocycles. The van der Waals surface area contributed by atoms with Crippen LogP contribution in [0, 0.1) is 0 Å². The summed E-state index contributed by atoms with van der Waals surface area (Å²) in [5, 5.41) is 23.6. The molecule has 37 heavy (non-hydrogen) atoms. The molecule has 0 spiro atoms. The number of hydrogen-bond donors (Lipinski definition) is 3. The fraction of sp³-hybridized carbons (Fsp3) is 0.179. The molecule has 0 saturated carbocycles. The predicted octanol–water partition coefficient (Wildman–Crippen LogP) is 5.12. The standard InChI is InChI=1S/C28H29NO8/c1-33-22-10-9-19(16-21(22)31)20(30)12-13-29-26-18(8-11-23(34-2)27(26)32)7-6-17-14-24(35-3)28(37-5)25(15-17)36-4/h6-16,29,31-32H,1-5H3/b7-6?,13-12-. The zero-order chi connectivity index (χ0) is 26.9. The summed E-state index contributed by atoms with van der Waals surface area (Å²) >= 11 is 0. The number of phenolic OH excluding ortho intramolecular Hbond substituents is 2. The first-order valence-electron chi connectivity index (χ1n) is 11.1. The number of benzene rings is 3. The Balaban J connectivity index is 1.90. The number of hydrogen-bond acceptors (Lipinski definition) is 9. The second kappa shape index (κ2) is 12.3. The number of methoxy groups -OCH3 is 5. The third kappa shape index (κ3) is 6.07. The van der Waals surface area contributed by atoms with Gasteiger partial charge in [0.05, 0.1) is 41.2 Å². The topological polar surface area (TPSA) is 116 Å². The molecule has 0 aromatic heterocycles. The smallest absolute Gasteiger partial charge is 0.203 e. The summed E-state index contributed by atoms with van der Waals surface area (Å²) in [4.78, 5) is 12.5. The first-order valence-corrected chi connectivity index (χ1v) is 11.1. The van der Waals surface area contributed by atoms with Crippen molar-refractivity contribution in [1.29, 1.82) is 0 Å². The van der Waals surface area contributed by atoms with Crippen LogP contribution >= 0.6 is 0 Å². The molecule has 194 valence electrons. The zero-order valence-electron chi connectivity index (χ0n) is 21.2. The Morgan fingerprint density at radius 1 is 0.757 bits per heavy atom. The van der Waals surface area contributed by atoms with E-state index in [1.165, 1.54) is 60.0 Å². The van der Waals surface area contributed by atoms with Crippen LogP contribution in [0.2, 0.25) is 0 Å². The summed E-state index contributed by atoms with van der Waals surface area (Å²) in [5.41, 5.74) is 1.98. The second-order valence-corrected chi connectivity index (χ2v) is 7.60. The van der Waals surface area contributed by atoms with Gasteiger partial charge in [-0.05, 0) is 48.0 Å². The number of ketones is 1. The Bertz CT molecular complexity index is 1300. The fourth-order valence-corrected chi connectivity index (χ4v) is 3.57. The van der Waals surface area contributed by atoms with Gasteiger partial charge in [-0.2, -0.15) is 0 Å². The molecule has 0 aliphatic rings. The summed E-state index contributed by atoms with van der Waals surface area (Å²) in [5.74, 6) is 1.38. The number of rotatable bonds is 11. The van der Waals surface area contributed by atoms with Crippen molar-refractivity contribution in [3.63, 3.8) is 0 Å². The Hall–Kier alpha value is -4.79. The molecule has 0 atom stereocenters. The molecule has 3 N–H and O–H groups in total. The molecule has 9 heteroatoms. The van der Waals surface area contributed by atoms with Crippen molar-refractivity contribution >= 4 is 23.6 Å². The molecule has 0 amide bonds.